The topological polar surface area (TPSA) is 152 Å². The molecule has 11 nitrogen and oxygen atoms in total. The van der Waals surface area contributed by atoms with Gasteiger partial charge in [-0.05, 0) is 54.3 Å². The van der Waals surface area contributed by atoms with Crippen molar-refractivity contribution in [2.24, 2.45) is 0 Å². The van der Waals surface area contributed by atoms with Gasteiger partial charge in [-0.3, -0.25) is 4.79 Å². The first-order valence-corrected chi connectivity index (χ1v) is 14.7. The van der Waals surface area contributed by atoms with Crippen molar-refractivity contribution in [1.82, 2.24) is 19.1 Å². The highest BCUT2D eigenvalue weighted by molar-refractivity contribution is 7.89. The summed E-state index contributed by atoms with van der Waals surface area (Å²) in [7, 11) is -3.93. The minimum Gasteiger partial charge on any atom is -0.488 e. The van der Waals surface area contributed by atoms with Crippen LogP contribution in [0.4, 0.5) is 13.2 Å². The summed E-state index contributed by atoms with van der Waals surface area (Å²) in [6, 6.07) is 15.1. The first kappa shape index (κ1) is 30.7. The zero-order chi connectivity index (χ0) is 31.8. The van der Waals surface area contributed by atoms with E-state index in [-0.39, 0.29) is 31.2 Å². The molecule has 0 bridgehead atoms. The number of fused-ring (bicyclic) bond motifs is 1. The lowest BCUT2D eigenvalue weighted by Crippen LogP contribution is -2.39. The fraction of sp³-hybridized carbons (Fsp3) is 0.241. The highest BCUT2D eigenvalue weighted by Crippen LogP contribution is 2.35. The standard InChI is InChI=1S/C29H25F3N4O7S/c1-17-5-8-24(43-15-18-6-7-20-14-35(10-9-19(20)12-18)44(41,42)16-26(37)38)21(11-17)23-3-2-4-25(34-23)36-27(29(30,31)32)22(13-33-36)28(39)40/h2-8,11-13H,9-10,14-16H2,1H3,(H,37,38)(H,39,40). The second-order valence-corrected chi connectivity index (χ2v) is 12.1. The summed E-state index contributed by atoms with van der Waals surface area (Å²) in [5, 5.41) is 21.8. The number of aromatic nitrogens is 3. The normalized spacial score (nSPS) is 13.8. The predicted octanol–water partition coefficient (Wildman–Crippen LogP) is 4.31. The Bertz CT molecular complexity index is 1870. The van der Waals surface area contributed by atoms with Crippen LogP contribution < -0.4 is 4.74 Å². The second-order valence-electron chi connectivity index (χ2n) is 10.1. The van der Waals surface area contributed by atoms with E-state index in [4.69, 9.17) is 9.84 Å². The van der Waals surface area contributed by atoms with Crippen molar-refractivity contribution in [3.8, 4) is 22.8 Å². The summed E-state index contributed by atoms with van der Waals surface area (Å²) < 4.78 is 73.8. The third-order valence-corrected chi connectivity index (χ3v) is 8.68. The van der Waals surface area contributed by atoms with Gasteiger partial charge in [0.25, 0.3) is 0 Å². The highest BCUT2D eigenvalue weighted by atomic mass is 32.2. The maximum atomic E-state index is 13.8. The van der Waals surface area contributed by atoms with Gasteiger partial charge < -0.3 is 14.9 Å². The molecule has 2 N–H and O–H groups in total. The summed E-state index contributed by atoms with van der Waals surface area (Å²) in [4.78, 5) is 26.7. The van der Waals surface area contributed by atoms with E-state index in [2.05, 4.69) is 10.1 Å². The number of nitrogens with zero attached hydrogens (tertiary/aromatic N) is 4. The summed E-state index contributed by atoms with van der Waals surface area (Å²) in [5.74, 6) is -3.99. The third-order valence-electron chi connectivity index (χ3n) is 6.97. The van der Waals surface area contributed by atoms with Gasteiger partial charge in [0, 0.05) is 18.7 Å². The summed E-state index contributed by atoms with van der Waals surface area (Å²) in [6.45, 7) is 2.16. The number of hydrogen-bond donors (Lipinski definition) is 2. The monoisotopic (exact) mass is 630 g/mol. The molecule has 1 aliphatic heterocycles. The fourth-order valence-corrected chi connectivity index (χ4v) is 6.13. The molecule has 2 aromatic carbocycles. The van der Waals surface area contributed by atoms with Crippen molar-refractivity contribution in [2.45, 2.75) is 32.7 Å². The molecule has 3 heterocycles. The molecule has 0 amide bonds. The quantitative estimate of drug-likeness (QED) is 0.276. The SMILES string of the molecule is Cc1ccc(OCc2ccc3c(c2)CCN(S(=O)(=O)CC(=O)O)C3)c(-c2cccc(-n3ncc(C(=O)O)c3C(F)(F)F)n2)c1. The summed E-state index contributed by atoms with van der Waals surface area (Å²) in [6.07, 6.45) is -3.98. The number of sulfonamides is 1. The molecule has 230 valence electrons. The molecule has 0 atom stereocenters. The Labute approximate surface area is 249 Å². The third kappa shape index (κ3) is 6.43. The van der Waals surface area contributed by atoms with Crippen LogP contribution in [0.15, 0.2) is 60.8 Å². The number of carboxylic acids is 2. The average molecular weight is 631 g/mol. The number of aliphatic carboxylic acids is 1. The summed E-state index contributed by atoms with van der Waals surface area (Å²) in [5.41, 5.74) is 1.60. The van der Waals surface area contributed by atoms with Crippen molar-refractivity contribution < 1.29 is 46.1 Å². The van der Waals surface area contributed by atoms with E-state index in [0.29, 0.717) is 28.6 Å². The number of benzene rings is 2. The van der Waals surface area contributed by atoms with Crippen LogP contribution in [0.3, 0.4) is 0 Å². The van der Waals surface area contributed by atoms with Crippen LogP contribution in [0.2, 0.25) is 0 Å². The Kier molecular flexibility index (Phi) is 8.18. The first-order valence-electron chi connectivity index (χ1n) is 13.1. The Morgan fingerprint density at radius 2 is 1.82 bits per heavy atom. The van der Waals surface area contributed by atoms with Gasteiger partial charge in [-0.1, -0.05) is 35.9 Å². The van der Waals surface area contributed by atoms with E-state index < -0.39 is 45.1 Å². The molecule has 0 aliphatic carbocycles. The molecule has 0 radical (unpaired) electrons. The van der Waals surface area contributed by atoms with Gasteiger partial charge in [0.05, 0.1) is 11.9 Å². The van der Waals surface area contributed by atoms with Gasteiger partial charge in [-0.2, -0.15) is 22.6 Å². The van der Waals surface area contributed by atoms with E-state index in [1.54, 1.807) is 36.4 Å². The molecule has 15 heteroatoms. The van der Waals surface area contributed by atoms with E-state index in [0.717, 1.165) is 26.6 Å². The Hall–Kier alpha value is -4.76. The minimum atomic E-state index is -5.00. The number of aromatic carboxylic acids is 1. The molecule has 0 saturated heterocycles. The van der Waals surface area contributed by atoms with Crippen molar-refractivity contribution in [2.75, 3.05) is 12.3 Å². The number of rotatable bonds is 9. The van der Waals surface area contributed by atoms with Gasteiger partial charge in [0.2, 0.25) is 10.0 Å². The maximum Gasteiger partial charge on any atom is 0.434 e. The molecule has 0 saturated carbocycles. The lowest BCUT2D eigenvalue weighted by Gasteiger charge is -2.28. The Balaban J connectivity index is 1.39. The van der Waals surface area contributed by atoms with Gasteiger partial charge >= 0.3 is 18.1 Å². The van der Waals surface area contributed by atoms with Crippen molar-refractivity contribution in [3.63, 3.8) is 0 Å². The van der Waals surface area contributed by atoms with E-state index in [1.165, 1.54) is 12.1 Å². The van der Waals surface area contributed by atoms with Gasteiger partial charge in [-0.15, -0.1) is 0 Å². The van der Waals surface area contributed by atoms with Crippen molar-refractivity contribution in [1.29, 1.82) is 0 Å². The second kappa shape index (κ2) is 11.7. The van der Waals surface area contributed by atoms with Crippen LogP contribution in [0.5, 0.6) is 5.75 Å². The molecule has 4 aromatic rings. The smallest absolute Gasteiger partial charge is 0.434 e. The Morgan fingerprint density at radius 1 is 1.05 bits per heavy atom. The molecular formula is C29H25F3N4O7S. The van der Waals surface area contributed by atoms with Crippen LogP contribution in [0.25, 0.3) is 17.1 Å². The maximum absolute atomic E-state index is 13.8. The average Bonchev–Trinajstić information content (AvgIpc) is 3.42. The lowest BCUT2D eigenvalue weighted by molar-refractivity contribution is -0.143. The molecular weight excluding hydrogens is 605 g/mol. The molecule has 1 aliphatic rings. The molecule has 44 heavy (non-hydrogen) atoms. The van der Waals surface area contributed by atoms with E-state index in [9.17, 15) is 36.3 Å². The number of carboxylic acid groups (broad SMARTS) is 2. The number of halogens is 3. The van der Waals surface area contributed by atoms with Crippen LogP contribution in [-0.2, 0) is 40.6 Å². The number of aryl methyl sites for hydroxylation is 1. The van der Waals surface area contributed by atoms with Crippen LogP contribution in [0.1, 0.15) is 38.3 Å². The van der Waals surface area contributed by atoms with Gasteiger partial charge in [0.1, 0.15) is 17.9 Å². The van der Waals surface area contributed by atoms with Crippen molar-refractivity contribution in [3.05, 3.63) is 94.3 Å². The zero-order valence-electron chi connectivity index (χ0n) is 23.1. The molecule has 0 spiro atoms. The first-order chi connectivity index (χ1) is 20.7. The number of pyridine rings is 1. The fourth-order valence-electron chi connectivity index (χ4n) is 4.93. The van der Waals surface area contributed by atoms with Crippen LogP contribution >= 0.6 is 0 Å². The lowest BCUT2D eigenvalue weighted by atomic mass is 9.98. The largest absolute Gasteiger partial charge is 0.488 e. The van der Waals surface area contributed by atoms with Gasteiger partial charge in [-0.25, -0.2) is 22.9 Å². The highest BCUT2D eigenvalue weighted by Gasteiger charge is 2.41. The number of alkyl halides is 3. The molecule has 5 rings (SSSR count). The van der Waals surface area contributed by atoms with Crippen molar-refractivity contribution >= 4 is 22.0 Å². The number of carbonyl (C=O) groups is 2. The van der Waals surface area contributed by atoms with Crippen LogP contribution in [0, 0.1) is 6.92 Å². The Morgan fingerprint density at radius 3 is 2.52 bits per heavy atom. The van der Waals surface area contributed by atoms with E-state index in [1.807, 2.05) is 13.0 Å². The molecule has 2 aromatic heterocycles. The number of ether oxygens (including phenoxy) is 1. The van der Waals surface area contributed by atoms with E-state index >= 15 is 0 Å². The molecule has 0 unspecified atom stereocenters. The summed E-state index contributed by atoms with van der Waals surface area (Å²) >= 11 is 0. The molecule has 0 fully saturated rings. The number of hydrogen-bond acceptors (Lipinski definition) is 7. The zero-order valence-corrected chi connectivity index (χ0v) is 23.9. The van der Waals surface area contributed by atoms with Crippen LogP contribution in [-0.4, -0.2) is 61.9 Å². The predicted molar refractivity (Wildman–Crippen MR) is 150 cm³/mol. The minimum absolute atomic E-state index is 0.0659. The van der Waals surface area contributed by atoms with Gasteiger partial charge in [0.15, 0.2) is 17.3 Å².